The van der Waals surface area contributed by atoms with Crippen molar-refractivity contribution in [2.75, 3.05) is 11.5 Å². The zero-order valence-corrected chi connectivity index (χ0v) is 12.5. The molecule has 0 aliphatic heterocycles. The van der Waals surface area contributed by atoms with Gasteiger partial charge in [-0.15, -0.1) is 0 Å². The van der Waals surface area contributed by atoms with Gasteiger partial charge in [0.05, 0.1) is 11.7 Å². The van der Waals surface area contributed by atoms with E-state index in [1.54, 1.807) is 18.5 Å². The predicted molar refractivity (Wildman–Crippen MR) is 86.8 cm³/mol. The molecule has 5 nitrogen and oxygen atoms in total. The van der Waals surface area contributed by atoms with Crippen molar-refractivity contribution in [3.63, 3.8) is 0 Å². The van der Waals surface area contributed by atoms with E-state index in [9.17, 15) is 0 Å². The summed E-state index contributed by atoms with van der Waals surface area (Å²) >= 11 is 0. The van der Waals surface area contributed by atoms with Crippen molar-refractivity contribution >= 4 is 22.4 Å². The van der Waals surface area contributed by atoms with Crippen LogP contribution in [-0.2, 0) is 5.54 Å². The van der Waals surface area contributed by atoms with Crippen molar-refractivity contribution in [2.45, 2.75) is 26.3 Å². The van der Waals surface area contributed by atoms with Crippen LogP contribution in [-0.4, -0.2) is 14.5 Å². The lowest BCUT2D eigenvalue weighted by atomic mass is 10.1. The first-order chi connectivity index (χ1) is 9.86. The maximum Gasteiger partial charge on any atom is 0.141 e. The van der Waals surface area contributed by atoms with E-state index in [0.29, 0.717) is 11.4 Å². The van der Waals surface area contributed by atoms with Crippen molar-refractivity contribution in [1.82, 2.24) is 14.5 Å². The van der Waals surface area contributed by atoms with Gasteiger partial charge in [-0.1, -0.05) is 0 Å². The van der Waals surface area contributed by atoms with E-state index >= 15 is 0 Å². The fourth-order valence-electron chi connectivity index (χ4n) is 2.61. The van der Waals surface area contributed by atoms with Crippen LogP contribution in [0.2, 0.25) is 0 Å². The number of anilines is 2. The normalized spacial score (nSPS) is 12.0. The van der Waals surface area contributed by atoms with Crippen LogP contribution in [0.25, 0.3) is 22.4 Å². The van der Waals surface area contributed by atoms with Crippen molar-refractivity contribution < 1.29 is 0 Å². The highest BCUT2D eigenvalue weighted by Gasteiger charge is 2.22. The second-order valence-electron chi connectivity index (χ2n) is 6.19. The lowest BCUT2D eigenvalue weighted by molar-refractivity contribution is 0.413. The maximum atomic E-state index is 5.92. The van der Waals surface area contributed by atoms with Crippen molar-refractivity contribution in [1.29, 1.82) is 0 Å². The molecular formula is C16H19N5. The largest absolute Gasteiger partial charge is 0.399 e. The van der Waals surface area contributed by atoms with E-state index in [-0.39, 0.29) is 5.54 Å². The van der Waals surface area contributed by atoms with Crippen LogP contribution in [0, 0.1) is 0 Å². The Balaban J connectivity index is 2.36. The minimum Gasteiger partial charge on any atom is -0.399 e. The summed E-state index contributed by atoms with van der Waals surface area (Å²) in [5.41, 5.74) is 15.8. The van der Waals surface area contributed by atoms with Crippen LogP contribution in [0.5, 0.6) is 0 Å². The first kappa shape index (κ1) is 13.4. The van der Waals surface area contributed by atoms with Gasteiger partial charge in [-0.05, 0) is 45.0 Å². The Morgan fingerprint density at radius 3 is 2.33 bits per heavy atom. The lowest BCUT2D eigenvalue weighted by Gasteiger charge is -2.25. The third-order valence-corrected chi connectivity index (χ3v) is 3.36. The number of nitrogen functional groups attached to an aromatic ring is 2. The molecule has 0 fully saturated rings. The summed E-state index contributed by atoms with van der Waals surface area (Å²) in [4.78, 5) is 8.87. The Bertz CT molecular complexity index is 791. The minimum absolute atomic E-state index is 0.120. The molecular weight excluding hydrogens is 262 g/mol. The highest BCUT2D eigenvalue weighted by Crippen LogP contribution is 2.32. The van der Waals surface area contributed by atoms with E-state index in [4.69, 9.17) is 16.5 Å². The van der Waals surface area contributed by atoms with E-state index < -0.39 is 0 Å². The second-order valence-corrected chi connectivity index (χ2v) is 6.19. The van der Waals surface area contributed by atoms with Gasteiger partial charge in [-0.2, -0.15) is 0 Å². The zero-order chi connectivity index (χ0) is 15.2. The summed E-state index contributed by atoms with van der Waals surface area (Å²) in [7, 11) is 0. The molecule has 0 amide bonds. The van der Waals surface area contributed by atoms with Gasteiger partial charge in [0, 0.05) is 28.7 Å². The number of nitrogens with zero attached hydrogens (tertiary/aromatic N) is 3. The monoisotopic (exact) mass is 281 g/mol. The predicted octanol–water partition coefficient (Wildman–Crippen LogP) is 3.02. The first-order valence-corrected chi connectivity index (χ1v) is 6.85. The number of hydrogen-bond donors (Lipinski definition) is 2. The Morgan fingerprint density at radius 1 is 1.05 bits per heavy atom. The fourth-order valence-corrected chi connectivity index (χ4v) is 2.61. The highest BCUT2D eigenvalue weighted by molar-refractivity contribution is 5.81. The van der Waals surface area contributed by atoms with E-state index in [0.717, 1.165) is 22.4 Å². The van der Waals surface area contributed by atoms with E-state index in [1.165, 1.54) is 0 Å². The highest BCUT2D eigenvalue weighted by atomic mass is 15.1. The van der Waals surface area contributed by atoms with Crippen molar-refractivity contribution in [2.24, 2.45) is 0 Å². The number of imidazole rings is 1. The van der Waals surface area contributed by atoms with Crippen LogP contribution in [0.3, 0.4) is 0 Å². The molecule has 0 radical (unpaired) electrons. The molecule has 2 heterocycles. The van der Waals surface area contributed by atoms with Crippen LogP contribution in [0.4, 0.5) is 11.4 Å². The molecule has 0 aliphatic rings. The molecule has 0 atom stereocenters. The quantitative estimate of drug-likeness (QED) is 0.672. The Morgan fingerprint density at radius 2 is 1.71 bits per heavy atom. The summed E-state index contributed by atoms with van der Waals surface area (Å²) in [5.74, 6) is 0.851. The first-order valence-electron chi connectivity index (χ1n) is 6.85. The van der Waals surface area contributed by atoms with Gasteiger partial charge >= 0.3 is 0 Å². The summed E-state index contributed by atoms with van der Waals surface area (Å²) in [6.07, 6.45) is 3.56. The number of benzene rings is 1. The molecule has 0 unspecified atom stereocenters. The molecule has 1 aromatic carbocycles. The van der Waals surface area contributed by atoms with Gasteiger partial charge in [-0.3, -0.25) is 4.98 Å². The molecule has 3 rings (SSSR count). The number of hydrogen-bond acceptors (Lipinski definition) is 4. The van der Waals surface area contributed by atoms with E-state index in [1.807, 2.05) is 18.2 Å². The molecule has 108 valence electrons. The van der Waals surface area contributed by atoms with Gasteiger partial charge in [0.1, 0.15) is 11.3 Å². The summed E-state index contributed by atoms with van der Waals surface area (Å²) < 4.78 is 2.19. The molecule has 4 N–H and O–H groups in total. The summed E-state index contributed by atoms with van der Waals surface area (Å²) in [5, 5.41) is 0. The van der Waals surface area contributed by atoms with Gasteiger partial charge in [0.25, 0.3) is 0 Å². The average Bonchev–Trinajstić information content (AvgIpc) is 2.76. The van der Waals surface area contributed by atoms with Crippen molar-refractivity contribution in [3.8, 4) is 11.4 Å². The van der Waals surface area contributed by atoms with Crippen molar-refractivity contribution in [3.05, 3.63) is 36.7 Å². The SMILES string of the molecule is CC(C)(C)n1c(-c2cc(N)cc(N)c2)nc2cnccc21. The van der Waals surface area contributed by atoms with Crippen LogP contribution in [0.15, 0.2) is 36.7 Å². The van der Waals surface area contributed by atoms with Gasteiger partial charge in [0.15, 0.2) is 0 Å². The topological polar surface area (TPSA) is 82.8 Å². The standard InChI is InChI=1S/C16H19N5/c1-16(2,3)21-14-4-5-19-9-13(14)20-15(21)10-6-11(17)8-12(18)7-10/h4-9H,17-18H2,1-3H3. The minimum atomic E-state index is -0.120. The third-order valence-electron chi connectivity index (χ3n) is 3.36. The number of aromatic nitrogens is 3. The lowest BCUT2D eigenvalue weighted by Crippen LogP contribution is -2.22. The number of pyridine rings is 1. The Labute approximate surface area is 123 Å². The summed E-state index contributed by atoms with van der Waals surface area (Å²) in [6.45, 7) is 6.44. The molecule has 0 bridgehead atoms. The number of nitrogens with two attached hydrogens (primary N) is 2. The second kappa shape index (κ2) is 4.48. The molecule has 0 saturated heterocycles. The molecule has 2 aromatic heterocycles. The van der Waals surface area contributed by atoms with Crippen LogP contribution >= 0.6 is 0 Å². The molecule has 0 aliphatic carbocycles. The summed E-state index contributed by atoms with van der Waals surface area (Å²) in [6, 6.07) is 7.52. The smallest absolute Gasteiger partial charge is 0.141 e. The zero-order valence-electron chi connectivity index (χ0n) is 12.5. The molecule has 0 spiro atoms. The molecule has 21 heavy (non-hydrogen) atoms. The molecule has 5 heteroatoms. The molecule has 3 aromatic rings. The van der Waals surface area contributed by atoms with Gasteiger partial charge in [0.2, 0.25) is 0 Å². The van der Waals surface area contributed by atoms with Crippen LogP contribution < -0.4 is 11.5 Å². The maximum absolute atomic E-state index is 5.92. The Kier molecular flexibility index (Phi) is 2.86. The van der Waals surface area contributed by atoms with Gasteiger partial charge < -0.3 is 16.0 Å². The Hall–Kier alpha value is -2.56. The van der Waals surface area contributed by atoms with E-state index in [2.05, 4.69) is 30.3 Å². The number of fused-ring (bicyclic) bond motifs is 1. The molecule has 0 saturated carbocycles. The van der Waals surface area contributed by atoms with Crippen LogP contribution in [0.1, 0.15) is 20.8 Å². The average molecular weight is 281 g/mol. The fraction of sp³-hybridized carbons (Fsp3) is 0.250. The third kappa shape index (κ3) is 2.31. The van der Waals surface area contributed by atoms with Gasteiger partial charge in [-0.25, -0.2) is 4.98 Å². The number of rotatable bonds is 1.